The first-order valence-electron chi connectivity index (χ1n) is 10.2. The van der Waals surface area contributed by atoms with Crippen molar-refractivity contribution in [3.05, 3.63) is 12.3 Å². The van der Waals surface area contributed by atoms with Crippen molar-refractivity contribution in [3.8, 4) is 0 Å². The highest BCUT2D eigenvalue weighted by Gasteiger charge is 2.11. The third-order valence-electron chi connectivity index (χ3n) is 4.09. The molecule has 0 amide bonds. The second-order valence-electron chi connectivity index (χ2n) is 6.60. The van der Waals surface area contributed by atoms with Gasteiger partial charge in [0.15, 0.2) is 0 Å². The summed E-state index contributed by atoms with van der Waals surface area (Å²) in [6, 6.07) is 0. The molecule has 0 saturated carbocycles. The summed E-state index contributed by atoms with van der Waals surface area (Å²) in [6.07, 6.45) is 13.9. The van der Waals surface area contributed by atoms with E-state index in [1.165, 1.54) is 64.9 Å². The highest BCUT2D eigenvalue weighted by molar-refractivity contribution is 4.86. The summed E-state index contributed by atoms with van der Waals surface area (Å²) in [6.45, 7) is 8.11. The van der Waals surface area contributed by atoms with Crippen LogP contribution in [0.1, 0.15) is 84.5 Å². The molecule has 0 saturated heterocycles. The van der Waals surface area contributed by atoms with E-state index in [1.54, 1.807) is 6.92 Å². The summed E-state index contributed by atoms with van der Waals surface area (Å²) >= 11 is 0. The van der Waals surface area contributed by atoms with Gasteiger partial charge in [0.2, 0.25) is 0 Å². The van der Waals surface area contributed by atoms with Crippen LogP contribution in [0.5, 0.6) is 0 Å². The Kier molecular flexibility index (Phi) is 21.9. The predicted octanol–water partition coefficient (Wildman–Crippen LogP) is 5.63. The minimum absolute atomic E-state index is 0.0782. The van der Waals surface area contributed by atoms with Crippen molar-refractivity contribution in [2.24, 2.45) is 5.92 Å². The number of rotatable bonds is 23. The summed E-state index contributed by atoms with van der Waals surface area (Å²) in [4.78, 5) is 18.4. The Balaban J connectivity index is 3.15. The first kappa shape index (κ1) is 27.2. The smallest absolute Gasteiger partial charge is 0.143 e. The van der Waals surface area contributed by atoms with E-state index in [0.29, 0.717) is 6.61 Å². The summed E-state index contributed by atoms with van der Waals surface area (Å²) in [5.74, 6) is 0.0508. The van der Waals surface area contributed by atoms with Gasteiger partial charge in [-0.15, -0.1) is 0 Å². The van der Waals surface area contributed by atoms with Gasteiger partial charge in [0.1, 0.15) is 5.76 Å². The van der Waals surface area contributed by atoms with Crippen molar-refractivity contribution in [1.29, 1.82) is 0 Å². The Bertz CT molecular complexity index is 329. The molecule has 0 fully saturated rings. The SMILES string of the molecule is C=C(OOOC)C(C)COOOOOOCCCCCCCCCCCCC. The van der Waals surface area contributed by atoms with Gasteiger partial charge in [-0.05, 0) is 31.6 Å². The second kappa shape index (κ2) is 22.5. The van der Waals surface area contributed by atoms with Crippen LogP contribution in [-0.2, 0) is 44.7 Å². The molecule has 0 heterocycles. The van der Waals surface area contributed by atoms with Crippen LogP contribution in [0.25, 0.3) is 0 Å². The van der Waals surface area contributed by atoms with Gasteiger partial charge in [-0.1, -0.05) is 84.6 Å². The van der Waals surface area contributed by atoms with Gasteiger partial charge >= 0.3 is 0 Å². The summed E-state index contributed by atoms with van der Waals surface area (Å²) < 4.78 is 0. The fourth-order valence-corrected chi connectivity index (χ4v) is 2.30. The maximum atomic E-state index is 4.78. The average molecular weight is 411 g/mol. The molecule has 0 rings (SSSR count). The minimum Gasteiger partial charge on any atom is -0.313 e. The van der Waals surface area contributed by atoms with E-state index in [0.717, 1.165) is 12.8 Å². The van der Waals surface area contributed by atoms with Crippen LogP contribution < -0.4 is 0 Å². The molecular formula is C19H38O9. The topological polar surface area (TPSA) is 83.1 Å². The van der Waals surface area contributed by atoms with Gasteiger partial charge in [-0.2, -0.15) is 4.89 Å². The van der Waals surface area contributed by atoms with Crippen molar-refractivity contribution in [3.63, 3.8) is 0 Å². The molecule has 28 heavy (non-hydrogen) atoms. The van der Waals surface area contributed by atoms with E-state index in [-0.39, 0.29) is 18.3 Å². The molecule has 0 radical (unpaired) electrons. The Morgan fingerprint density at radius 3 is 1.82 bits per heavy atom. The second-order valence-corrected chi connectivity index (χ2v) is 6.60. The lowest BCUT2D eigenvalue weighted by Gasteiger charge is -2.11. The molecule has 0 bridgehead atoms. The van der Waals surface area contributed by atoms with Crippen LogP contribution in [0.3, 0.4) is 0 Å². The quantitative estimate of drug-likeness (QED) is 0.0920. The van der Waals surface area contributed by atoms with Crippen LogP contribution in [0.15, 0.2) is 12.3 Å². The Morgan fingerprint density at radius 2 is 1.25 bits per heavy atom. The summed E-state index contributed by atoms with van der Waals surface area (Å²) in [5.41, 5.74) is 0. The van der Waals surface area contributed by atoms with Crippen molar-refractivity contribution >= 4 is 0 Å². The van der Waals surface area contributed by atoms with E-state index in [2.05, 4.69) is 48.5 Å². The zero-order valence-corrected chi connectivity index (χ0v) is 17.7. The lowest BCUT2D eigenvalue weighted by atomic mass is 10.1. The molecule has 9 nitrogen and oxygen atoms in total. The molecule has 1 atom stereocenters. The molecule has 9 heteroatoms. The van der Waals surface area contributed by atoms with Gasteiger partial charge in [0.25, 0.3) is 0 Å². The fourth-order valence-electron chi connectivity index (χ4n) is 2.30. The summed E-state index contributed by atoms with van der Waals surface area (Å²) in [7, 11) is 1.31. The van der Waals surface area contributed by atoms with Crippen molar-refractivity contribution in [2.45, 2.75) is 84.5 Å². The molecule has 0 aliphatic carbocycles. The molecule has 0 aliphatic rings. The zero-order chi connectivity index (χ0) is 20.7. The first-order valence-corrected chi connectivity index (χ1v) is 10.2. The largest absolute Gasteiger partial charge is 0.313 e. The molecule has 0 N–H and O–H groups in total. The highest BCUT2D eigenvalue weighted by Crippen LogP contribution is 2.12. The molecule has 168 valence electrons. The molecule has 0 aromatic rings. The lowest BCUT2D eigenvalue weighted by Crippen LogP contribution is -2.11. The molecular weight excluding hydrogens is 372 g/mol. The van der Waals surface area contributed by atoms with Crippen LogP contribution in [0.2, 0.25) is 0 Å². The standard InChI is InChI=1S/C19H38O9/c1-5-6-7-8-9-10-11-12-13-14-15-16-21-25-27-28-26-22-17-18(2)19(3)23-24-20-4/h18H,3,5-17H2,1-2,4H3. The minimum atomic E-state index is -0.239. The molecule has 0 spiro atoms. The Morgan fingerprint density at radius 1 is 0.714 bits per heavy atom. The Hall–Kier alpha value is -0.780. The van der Waals surface area contributed by atoms with Crippen LogP contribution in [-0.4, -0.2) is 20.3 Å². The first-order chi connectivity index (χ1) is 13.7. The highest BCUT2D eigenvalue weighted by atomic mass is 17.8. The number of hydrogen-bond acceptors (Lipinski definition) is 9. The summed E-state index contributed by atoms with van der Waals surface area (Å²) in [5, 5.41) is 21.2. The molecule has 0 aromatic carbocycles. The fraction of sp³-hybridized carbons (Fsp3) is 0.895. The van der Waals surface area contributed by atoms with Crippen molar-refractivity contribution < 1.29 is 44.7 Å². The molecule has 1 unspecified atom stereocenters. The van der Waals surface area contributed by atoms with Crippen LogP contribution >= 0.6 is 0 Å². The maximum Gasteiger partial charge on any atom is 0.143 e. The zero-order valence-electron chi connectivity index (χ0n) is 17.7. The molecule has 0 aromatic heterocycles. The van der Waals surface area contributed by atoms with E-state index >= 15 is 0 Å². The molecule has 0 aliphatic heterocycles. The number of hydrogen-bond donors (Lipinski definition) is 0. The predicted molar refractivity (Wildman–Crippen MR) is 100 cm³/mol. The third kappa shape index (κ3) is 20.0. The Labute approximate surface area is 168 Å². The van der Waals surface area contributed by atoms with Crippen LogP contribution in [0.4, 0.5) is 0 Å². The van der Waals surface area contributed by atoms with E-state index in [1.807, 2.05) is 0 Å². The van der Waals surface area contributed by atoms with Crippen molar-refractivity contribution in [2.75, 3.05) is 20.3 Å². The average Bonchev–Trinajstić information content (AvgIpc) is 2.70. The van der Waals surface area contributed by atoms with E-state index < -0.39 is 0 Å². The lowest BCUT2D eigenvalue weighted by molar-refractivity contribution is -0.757. The van der Waals surface area contributed by atoms with Gasteiger partial charge < -0.3 is 4.89 Å². The monoisotopic (exact) mass is 410 g/mol. The van der Waals surface area contributed by atoms with Gasteiger partial charge in [-0.25, -0.2) is 9.78 Å². The van der Waals surface area contributed by atoms with Gasteiger partial charge in [0.05, 0.1) is 20.3 Å². The van der Waals surface area contributed by atoms with Gasteiger partial charge in [-0.3, -0.25) is 0 Å². The van der Waals surface area contributed by atoms with E-state index in [9.17, 15) is 0 Å². The van der Waals surface area contributed by atoms with Crippen molar-refractivity contribution in [1.82, 2.24) is 0 Å². The normalized spacial score (nSPS) is 12.2. The van der Waals surface area contributed by atoms with Crippen LogP contribution in [0, 0.1) is 5.92 Å². The third-order valence-corrected chi connectivity index (χ3v) is 4.09. The van der Waals surface area contributed by atoms with Gasteiger partial charge in [0, 0.05) is 5.92 Å². The van der Waals surface area contributed by atoms with E-state index in [4.69, 9.17) is 9.78 Å². The maximum absolute atomic E-state index is 4.78. The number of unbranched alkanes of at least 4 members (excludes halogenated alkanes) is 10.